The number of rotatable bonds is 4. The maximum atomic E-state index is 11.9. The van der Waals surface area contributed by atoms with Gasteiger partial charge >= 0.3 is 0 Å². The molecule has 2 N–H and O–H groups in total. The van der Waals surface area contributed by atoms with Gasteiger partial charge in [0.2, 0.25) is 5.91 Å². The molecule has 0 atom stereocenters. The van der Waals surface area contributed by atoms with Gasteiger partial charge in [0.25, 0.3) is 0 Å². The summed E-state index contributed by atoms with van der Waals surface area (Å²) in [5.41, 5.74) is 2.86. The van der Waals surface area contributed by atoms with Crippen LogP contribution in [0.4, 0.5) is 17.1 Å². The van der Waals surface area contributed by atoms with E-state index >= 15 is 0 Å². The number of hydrogen-bond donors (Lipinski definition) is 2. The number of carbonyl (C=O) groups excluding carboxylic acids is 1. The molecule has 0 heterocycles. The van der Waals surface area contributed by atoms with Crippen molar-refractivity contribution in [3.63, 3.8) is 0 Å². The van der Waals surface area contributed by atoms with Gasteiger partial charge in [0.05, 0.1) is 0 Å². The van der Waals surface area contributed by atoms with Crippen molar-refractivity contribution in [3.8, 4) is 0 Å². The van der Waals surface area contributed by atoms with Crippen LogP contribution in [0.25, 0.3) is 0 Å². The lowest BCUT2D eigenvalue weighted by Gasteiger charge is -2.24. The van der Waals surface area contributed by atoms with Crippen molar-refractivity contribution in [1.82, 2.24) is 0 Å². The molecule has 0 aliphatic heterocycles. The van der Waals surface area contributed by atoms with Crippen LogP contribution >= 0.6 is 0 Å². The predicted octanol–water partition coefficient (Wildman–Crippen LogP) is 4.17. The summed E-state index contributed by atoms with van der Waals surface area (Å²) in [6.07, 6.45) is 3.22. The Morgan fingerprint density at radius 1 is 0.900 bits per heavy atom. The first-order valence-electron chi connectivity index (χ1n) is 7.04. The van der Waals surface area contributed by atoms with E-state index in [1.807, 2.05) is 54.6 Å². The van der Waals surface area contributed by atoms with Gasteiger partial charge in [-0.05, 0) is 43.2 Å². The smallest absolute Gasteiger partial charge is 0.227 e. The Balaban J connectivity index is 1.67. The molecule has 0 aromatic heterocycles. The number of amides is 1. The highest BCUT2D eigenvalue weighted by Gasteiger charge is 2.25. The highest BCUT2D eigenvalue weighted by molar-refractivity contribution is 5.93. The number of carbonyl (C=O) groups is 1. The molecule has 2 aromatic carbocycles. The average Bonchev–Trinajstić information content (AvgIpc) is 2.38. The van der Waals surface area contributed by atoms with E-state index < -0.39 is 0 Å². The van der Waals surface area contributed by atoms with Gasteiger partial charge in [-0.3, -0.25) is 4.79 Å². The van der Waals surface area contributed by atoms with Gasteiger partial charge in [-0.1, -0.05) is 30.7 Å². The lowest BCUT2D eigenvalue weighted by atomic mass is 9.85. The van der Waals surface area contributed by atoms with Crippen LogP contribution in [0.2, 0.25) is 0 Å². The normalized spacial score (nSPS) is 14.4. The van der Waals surface area contributed by atoms with Crippen molar-refractivity contribution in [1.29, 1.82) is 0 Å². The third-order valence-electron chi connectivity index (χ3n) is 3.67. The highest BCUT2D eigenvalue weighted by Crippen LogP contribution is 2.28. The number of anilines is 3. The maximum absolute atomic E-state index is 11.9. The average molecular weight is 266 g/mol. The van der Waals surface area contributed by atoms with Crippen molar-refractivity contribution in [2.75, 3.05) is 10.6 Å². The van der Waals surface area contributed by atoms with E-state index in [1.54, 1.807) is 0 Å². The van der Waals surface area contributed by atoms with E-state index in [-0.39, 0.29) is 11.8 Å². The maximum Gasteiger partial charge on any atom is 0.227 e. The van der Waals surface area contributed by atoms with E-state index in [0.29, 0.717) is 0 Å². The van der Waals surface area contributed by atoms with Gasteiger partial charge in [0.15, 0.2) is 0 Å². The van der Waals surface area contributed by atoms with Gasteiger partial charge in [0, 0.05) is 23.0 Å². The third kappa shape index (κ3) is 2.99. The minimum atomic E-state index is 0.146. The van der Waals surface area contributed by atoms with Gasteiger partial charge in [-0.25, -0.2) is 0 Å². The summed E-state index contributed by atoms with van der Waals surface area (Å²) in [5, 5.41) is 6.31. The van der Waals surface area contributed by atoms with Crippen molar-refractivity contribution >= 4 is 23.0 Å². The fourth-order valence-electron chi connectivity index (χ4n) is 2.28. The zero-order valence-corrected chi connectivity index (χ0v) is 11.3. The molecule has 20 heavy (non-hydrogen) atoms. The van der Waals surface area contributed by atoms with E-state index in [2.05, 4.69) is 10.6 Å². The minimum absolute atomic E-state index is 0.146. The molecule has 3 rings (SSSR count). The fraction of sp³-hybridized carbons (Fsp3) is 0.235. The molecule has 0 spiro atoms. The predicted molar refractivity (Wildman–Crippen MR) is 82.1 cm³/mol. The molecule has 0 bridgehead atoms. The van der Waals surface area contributed by atoms with E-state index in [0.717, 1.165) is 29.9 Å². The first kappa shape index (κ1) is 12.7. The van der Waals surface area contributed by atoms with Crippen molar-refractivity contribution in [2.45, 2.75) is 19.3 Å². The van der Waals surface area contributed by atoms with Crippen molar-refractivity contribution in [3.05, 3.63) is 54.6 Å². The van der Waals surface area contributed by atoms with Crippen LogP contribution in [0.1, 0.15) is 19.3 Å². The first-order valence-corrected chi connectivity index (χ1v) is 7.04. The highest BCUT2D eigenvalue weighted by atomic mass is 16.1. The quantitative estimate of drug-likeness (QED) is 0.872. The summed E-state index contributed by atoms with van der Waals surface area (Å²) in [6.45, 7) is 0. The van der Waals surface area contributed by atoms with Gasteiger partial charge in [0.1, 0.15) is 0 Å². The lowest BCUT2D eigenvalue weighted by molar-refractivity contribution is -0.122. The second-order valence-corrected chi connectivity index (χ2v) is 5.19. The van der Waals surface area contributed by atoms with Crippen LogP contribution in [0.5, 0.6) is 0 Å². The van der Waals surface area contributed by atoms with Crippen LogP contribution in [0, 0.1) is 5.92 Å². The molecular weight excluding hydrogens is 248 g/mol. The molecule has 0 saturated heterocycles. The Bertz CT molecular complexity index is 591. The first-order chi connectivity index (χ1) is 9.81. The zero-order valence-electron chi connectivity index (χ0n) is 11.3. The SMILES string of the molecule is O=C(Nc1cccc(Nc2ccccc2)c1)C1CCC1. The van der Waals surface area contributed by atoms with Crippen molar-refractivity contribution < 1.29 is 4.79 Å². The molecule has 0 radical (unpaired) electrons. The molecule has 2 aromatic rings. The Morgan fingerprint density at radius 3 is 2.30 bits per heavy atom. The lowest BCUT2D eigenvalue weighted by Crippen LogP contribution is -2.27. The summed E-state index contributed by atoms with van der Waals surface area (Å²) in [5.74, 6) is 0.355. The molecule has 1 amide bonds. The molecule has 1 aliphatic rings. The number of para-hydroxylation sites is 1. The van der Waals surface area contributed by atoms with E-state index in [1.165, 1.54) is 6.42 Å². The van der Waals surface area contributed by atoms with Crippen LogP contribution in [0.15, 0.2) is 54.6 Å². The molecule has 1 saturated carbocycles. The molecular formula is C17H18N2O. The molecule has 3 heteroatoms. The van der Waals surface area contributed by atoms with Gasteiger partial charge in [-0.2, -0.15) is 0 Å². The number of benzene rings is 2. The monoisotopic (exact) mass is 266 g/mol. The Hall–Kier alpha value is -2.29. The van der Waals surface area contributed by atoms with Gasteiger partial charge in [-0.15, -0.1) is 0 Å². The molecule has 1 fully saturated rings. The summed E-state index contributed by atoms with van der Waals surface area (Å²) in [6, 6.07) is 17.8. The Morgan fingerprint density at radius 2 is 1.60 bits per heavy atom. The summed E-state index contributed by atoms with van der Waals surface area (Å²) in [7, 11) is 0. The molecule has 0 unspecified atom stereocenters. The fourth-order valence-corrected chi connectivity index (χ4v) is 2.28. The zero-order chi connectivity index (χ0) is 13.8. The number of hydrogen-bond acceptors (Lipinski definition) is 2. The Kier molecular flexibility index (Phi) is 3.68. The summed E-state index contributed by atoms with van der Waals surface area (Å²) in [4.78, 5) is 11.9. The minimum Gasteiger partial charge on any atom is -0.355 e. The van der Waals surface area contributed by atoms with E-state index in [4.69, 9.17) is 0 Å². The standard InChI is InChI=1S/C17H18N2O/c20-17(13-6-4-7-13)19-16-11-5-10-15(12-16)18-14-8-2-1-3-9-14/h1-3,5,8-13,18H,4,6-7H2,(H,19,20). The van der Waals surface area contributed by atoms with Crippen LogP contribution in [0.3, 0.4) is 0 Å². The van der Waals surface area contributed by atoms with Crippen LogP contribution in [-0.4, -0.2) is 5.91 Å². The number of nitrogens with one attached hydrogen (secondary N) is 2. The molecule has 102 valence electrons. The van der Waals surface area contributed by atoms with E-state index in [9.17, 15) is 4.79 Å². The topological polar surface area (TPSA) is 41.1 Å². The van der Waals surface area contributed by atoms with Crippen LogP contribution < -0.4 is 10.6 Å². The van der Waals surface area contributed by atoms with Crippen LogP contribution in [-0.2, 0) is 4.79 Å². The summed E-state index contributed by atoms with van der Waals surface area (Å²) < 4.78 is 0. The largest absolute Gasteiger partial charge is 0.355 e. The third-order valence-corrected chi connectivity index (χ3v) is 3.67. The molecule has 3 nitrogen and oxygen atoms in total. The Labute approximate surface area is 119 Å². The summed E-state index contributed by atoms with van der Waals surface area (Å²) >= 11 is 0. The molecule has 1 aliphatic carbocycles. The van der Waals surface area contributed by atoms with Gasteiger partial charge < -0.3 is 10.6 Å². The second kappa shape index (κ2) is 5.78. The second-order valence-electron chi connectivity index (χ2n) is 5.19. The van der Waals surface area contributed by atoms with Crippen molar-refractivity contribution in [2.24, 2.45) is 5.92 Å².